The number of amides is 1. The Bertz CT molecular complexity index is 785. The van der Waals surface area contributed by atoms with E-state index in [9.17, 15) is 13.2 Å². The van der Waals surface area contributed by atoms with E-state index >= 15 is 0 Å². The minimum Gasteiger partial charge on any atom is -0.350 e. The van der Waals surface area contributed by atoms with Crippen molar-refractivity contribution in [1.29, 1.82) is 0 Å². The summed E-state index contributed by atoms with van der Waals surface area (Å²) in [5.74, 6) is -0.301. The van der Waals surface area contributed by atoms with Gasteiger partial charge in [-0.1, -0.05) is 17.7 Å². The number of nitrogens with zero attached hydrogens (tertiary/aromatic N) is 1. The van der Waals surface area contributed by atoms with Gasteiger partial charge in [-0.3, -0.25) is 4.79 Å². The molecule has 1 unspecified atom stereocenters. The molecule has 0 fully saturated rings. The first-order valence-corrected chi connectivity index (χ1v) is 8.74. The zero-order valence-corrected chi connectivity index (χ0v) is 15.4. The van der Waals surface area contributed by atoms with Crippen LogP contribution in [0.4, 0.5) is 0 Å². The van der Waals surface area contributed by atoms with Gasteiger partial charge in [0.2, 0.25) is 0 Å². The second kappa shape index (κ2) is 8.32. The van der Waals surface area contributed by atoms with E-state index in [1.807, 2.05) is 13.8 Å². The van der Waals surface area contributed by atoms with Crippen LogP contribution < -0.4 is 10.6 Å². The molecule has 1 amide bonds. The highest BCUT2D eigenvalue weighted by molar-refractivity contribution is 7.90. The monoisotopic (exact) mass is 371 g/mol. The maximum Gasteiger partial charge on any atom is 0.267 e. The lowest BCUT2D eigenvalue weighted by Crippen LogP contribution is -2.37. The van der Waals surface area contributed by atoms with Gasteiger partial charge in [0.15, 0.2) is 0 Å². The molecular formula is C16H22ClN3O3S. The Balaban J connectivity index is 0.00000288. The van der Waals surface area contributed by atoms with Crippen LogP contribution >= 0.6 is 12.4 Å². The summed E-state index contributed by atoms with van der Waals surface area (Å²) < 4.78 is 26.1. The topological polar surface area (TPSA) is 80.2 Å². The molecule has 0 saturated heterocycles. The van der Waals surface area contributed by atoms with Crippen LogP contribution in [0.5, 0.6) is 0 Å². The summed E-state index contributed by atoms with van der Waals surface area (Å²) in [7, 11) is -1.87. The van der Waals surface area contributed by atoms with Crippen LogP contribution in [-0.4, -0.2) is 37.9 Å². The third-order valence-corrected chi connectivity index (χ3v) is 5.24. The maximum atomic E-state index is 12.5. The lowest BCUT2D eigenvalue weighted by molar-refractivity contribution is 0.0950. The minimum absolute atomic E-state index is 0. The van der Waals surface area contributed by atoms with Gasteiger partial charge in [0.1, 0.15) is 0 Å². The second-order valence-electron chi connectivity index (χ2n) is 5.45. The first-order chi connectivity index (χ1) is 10.8. The molecule has 1 atom stereocenters. The van der Waals surface area contributed by atoms with Gasteiger partial charge in [0, 0.05) is 25.0 Å². The number of aromatic nitrogens is 1. The molecule has 0 aliphatic rings. The van der Waals surface area contributed by atoms with Crippen molar-refractivity contribution in [3.8, 4) is 0 Å². The van der Waals surface area contributed by atoms with E-state index in [0.29, 0.717) is 12.1 Å². The molecule has 0 spiro atoms. The molecule has 2 rings (SSSR count). The average Bonchev–Trinajstić information content (AvgIpc) is 3.03. The Hall–Kier alpha value is -1.83. The average molecular weight is 372 g/mol. The van der Waals surface area contributed by atoms with E-state index in [4.69, 9.17) is 0 Å². The number of nitrogens with one attached hydrogen (secondary N) is 2. The molecular weight excluding hydrogens is 350 g/mol. The number of hydrogen-bond acceptors (Lipinski definition) is 4. The Morgan fingerprint density at radius 1 is 1.21 bits per heavy atom. The fraction of sp³-hybridized carbons (Fsp3) is 0.312. The highest BCUT2D eigenvalue weighted by atomic mass is 35.5. The number of halogens is 1. The van der Waals surface area contributed by atoms with Crippen LogP contribution in [-0.2, 0) is 10.0 Å². The van der Waals surface area contributed by atoms with E-state index < -0.39 is 10.0 Å². The summed E-state index contributed by atoms with van der Waals surface area (Å²) in [4.78, 5) is 12.2. The Kier molecular flexibility index (Phi) is 7.01. The van der Waals surface area contributed by atoms with Crippen molar-refractivity contribution >= 4 is 28.3 Å². The van der Waals surface area contributed by atoms with Crippen molar-refractivity contribution in [3.63, 3.8) is 0 Å². The normalized spacial score (nSPS) is 12.3. The molecule has 8 heteroatoms. The number of hydrogen-bond donors (Lipinski definition) is 2. The van der Waals surface area contributed by atoms with Crippen LogP contribution in [0.25, 0.3) is 0 Å². The zero-order chi connectivity index (χ0) is 17.0. The fourth-order valence-electron chi connectivity index (χ4n) is 1.94. The van der Waals surface area contributed by atoms with Crippen LogP contribution in [0.15, 0.2) is 47.6 Å². The van der Waals surface area contributed by atoms with Gasteiger partial charge in [0.25, 0.3) is 15.9 Å². The molecule has 2 N–H and O–H groups in total. The SMILES string of the molecule is CNC(C)CNC(=O)c1ccn(S(=O)(=O)c2ccc(C)cc2)c1.Cl. The summed E-state index contributed by atoms with van der Waals surface area (Å²) in [6.07, 6.45) is 2.71. The van der Waals surface area contributed by atoms with Crippen LogP contribution in [0.1, 0.15) is 22.8 Å². The molecule has 132 valence electrons. The first kappa shape index (κ1) is 20.2. The molecule has 0 bridgehead atoms. The fourth-order valence-corrected chi connectivity index (χ4v) is 3.14. The maximum absolute atomic E-state index is 12.5. The third-order valence-electron chi connectivity index (χ3n) is 3.59. The van der Waals surface area contributed by atoms with E-state index in [2.05, 4.69) is 10.6 Å². The van der Waals surface area contributed by atoms with Gasteiger partial charge in [-0.25, -0.2) is 12.4 Å². The van der Waals surface area contributed by atoms with Crippen molar-refractivity contribution in [2.75, 3.05) is 13.6 Å². The van der Waals surface area contributed by atoms with E-state index in [0.717, 1.165) is 9.54 Å². The number of likely N-dealkylation sites (N-methyl/N-ethyl adjacent to an activating group) is 1. The van der Waals surface area contributed by atoms with Gasteiger partial charge in [-0.15, -0.1) is 12.4 Å². The summed E-state index contributed by atoms with van der Waals surface area (Å²) >= 11 is 0. The van der Waals surface area contributed by atoms with Crippen molar-refractivity contribution < 1.29 is 13.2 Å². The molecule has 0 aliphatic carbocycles. The van der Waals surface area contributed by atoms with Crippen LogP contribution in [0.3, 0.4) is 0 Å². The molecule has 0 radical (unpaired) electrons. The smallest absolute Gasteiger partial charge is 0.267 e. The predicted molar refractivity (Wildman–Crippen MR) is 96.3 cm³/mol. The van der Waals surface area contributed by atoms with Crippen molar-refractivity contribution in [3.05, 3.63) is 53.9 Å². The Morgan fingerprint density at radius 3 is 2.42 bits per heavy atom. The molecule has 24 heavy (non-hydrogen) atoms. The first-order valence-electron chi connectivity index (χ1n) is 7.30. The van der Waals surface area contributed by atoms with Gasteiger partial charge in [-0.2, -0.15) is 0 Å². The van der Waals surface area contributed by atoms with Crippen LogP contribution in [0, 0.1) is 6.92 Å². The highest BCUT2D eigenvalue weighted by Gasteiger charge is 2.18. The molecule has 1 aromatic carbocycles. The summed E-state index contributed by atoms with van der Waals surface area (Å²) in [6, 6.07) is 8.22. The molecule has 2 aromatic rings. The van der Waals surface area contributed by atoms with Gasteiger partial charge in [-0.05, 0) is 39.1 Å². The standard InChI is InChI=1S/C16H21N3O3S.ClH/c1-12-4-6-15(7-5-12)23(21,22)19-9-8-14(11-19)16(20)18-10-13(2)17-3;/h4-9,11,13,17H,10H2,1-3H3,(H,18,20);1H. The quantitative estimate of drug-likeness (QED) is 0.811. The van der Waals surface area contributed by atoms with E-state index in [1.54, 1.807) is 31.3 Å². The second-order valence-corrected chi connectivity index (χ2v) is 7.29. The summed E-state index contributed by atoms with van der Waals surface area (Å²) in [6.45, 7) is 4.29. The molecule has 1 aromatic heterocycles. The summed E-state index contributed by atoms with van der Waals surface area (Å²) in [5, 5.41) is 5.76. The largest absolute Gasteiger partial charge is 0.350 e. The molecule has 0 aliphatic heterocycles. The predicted octanol–water partition coefficient (Wildman–Crippen LogP) is 1.79. The number of carbonyl (C=O) groups is 1. The van der Waals surface area contributed by atoms with Gasteiger partial charge >= 0.3 is 0 Å². The molecule has 6 nitrogen and oxygen atoms in total. The van der Waals surface area contributed by atoms with Crippen molar-refractivity contribution in [2.24, 2.45) is 0 Å². The third kappa shape index (κ3) is 4.59. The lowest BCUT2D eigenvalue weighted by atomic mass is 10.2. The minimum atomic E-state index is -3.68. The van der Waals surface area contributed by atoms with E-state index in [-0.39, 0.29) is 29.3 Å². The number of aryl methyl sites for hydroxylation is 1. The summed E-state index contributed by atoms with van der Waals surface area (Å²) in [5.41, 5.74) is 1.29. The van der Waals surface area contributed by atoms with Crippen molar-refractivity contribution in [2.45, 2.75) is 24.8 Å². The lowest BCUT2D eigenvalue weighted by Gasteiger charge is -2.10. The Labute approximate surface area is 148 Å². The van der Waals surface area contributed by atoms with Gasteiger partial charge in [0.05, 0.1) is 10.5 Å². The van der Waals surface area contributed by atoms with Crippen molar-refractivity contribution in [1.82, 2.24) is 14.6 Å². The number of rotatable bonds is 6. The highest BCUT2D eigenvalue weighted by Crippen LogP contribution is 2.16. The van der Waals surface area contributed by atoms with Crippen LogP contribution in [0.2, 0.25) is 0 Å². The molecule has 1 heterocycles. The van der Waals surface area contributed by atoms with Gasteiger partial charge < -0.3 is 10.6 Å². The number of carbonyl (C=O) groups excluding carboxylic acids is 1. The van der Waals surface area contributed by atoms with E-state index in [1.165, 1.54) is 18.5 Å². The molecule has 0 saturated carbocycles. The zero-order valence-electron chi connectivity index (χ0n) is 13.8. The number of benzene rings is 1. The Morgan fingerprint density at radius 2 is 1.83 bits per heavy atom.